The Bertz CT molecular complexity index is 1020. The maximum Gasteiger partial charge on any atom is 0.250 e. The van der Waals surface area contributed by atoms with Crippen LogP contribution in [-0.4, -0.2) is 44.3 Å². The molecule has 0 spiro atoms. The molecule has 30 heavy (non-hydrogen) atoms. The van der Waals surface area contributed by atoms with E-state index in [4.69, 9.17) is 9.47 Å². The van der Waals surface area contributed by atoms with E-state index in [1.807, 2.05) is 41.8 Å². The summed E-state index contributed by atoms with van der Waals surface area (Å²) in [5.41, 5.74) is 3.89. The number of ether oxygens (including phenoxy) is 2. The molecule has 0 radical (unpaired) electrons. The number of hydrogen-bond donors (Lipinski definition) is 1. The molecule has 0 saturated carbocycles. The van der Waals surface area contributed by atoms with Crippen molar-refractivity contribution >= 4 is 34.1 Å². The van der Waals surface area contributed by atoms with Crippen LogP contribution in [0.25, 0.3) is 17.3 Å². The normalized spacial score (nSPS) is 14.1. The van der Waals surface area contributed by atoms with Crippen LogP contribution in [0.3, 0.4) is 0 Å². The Morgan fingerprint density at radius 2 is 2.00 bits per heavy atom. The molecule has 1 amide bonds. The first-order valence-electron chi connectivity index (χ1n) is 9.73. The van der Waals surface area contributed by atoms with Gasteiger partial charge in [-0.1, -0.05) is 24.3 Å². The zero-order valence-electron chi connectivity index (χ0n) is 16.7. The molecule has 0 bridgehead atoms. The van der Waals surface area contributed by atoms with Gasteiger partial charge in [-0.05, 0) is 35.9 Å². The third-order valence-electron chi connectivity index (χ3n) is 4.80. The third-order valence-corrected chi connectivity index (χ3v) is 5.55. The molecule has 3 aromatic rings. The minimum atomic E-state index is -0.209. The van der Waals surface area contributed by atoms with Crippen molar-refractivity contribution in [1.82, 2.24) is 4.98 Å². The number of nitrogens with zero attached hydrogens (tertiary/aromatic N) is 2. The lowest BCUT2D eigenvalue weighted by molar-refractivity contribution is -0.111. The predicted molar refractivity (Wildman–Crippen MR) is 121 cm³/mol. The highest BCUT2D eigenvalue weighted by Crippen LogP contribution is 2.27. The summed E-state index contributed by atoms with van der Waals surface area (Å²) in [5.74, 6) is 0.562. The average Bonchev–Trinajstić information content (AvgIpc) is 3.27. The second-order valence-electron chi connectivity index (χ2n) is 6.78. The first kappa shape index (κ1) is 20.1. The summed E-state index contributed by atoms with van der Waals surface area (Å²) in [7, 11) is 1.63. The summed E-state index contributed by atoms with van der Waals surface area (Å²) in [6.45, 7) is 3.34. The Labute approximate surface area is 179 Å². The SMILES string of the molecule is COc1cccc(-c2csc(NC(=O)/C=C/c3ccc(N4CCOCC4)cc3)n2)c1. The fourth-order valence-electron chi connectivity index (χ4n) is 3.18. The van der Waals surface area contributed by atoms with Gasteiger partial charge in [-0.2, -0.15) is 0 Å². The highest BCUT2D eigenvalue weighted by atomic mass is 32.1. The van der Waals surface area contributed by atoms with Gasteiger partial charge in [0.1, 0.15) is 5.75 Å². The van der Waals surface area contributed by atoms with E-state index < -0.39 is 0 Å². The number of nitrogens with one attached hydrogen (secondary N) is 1. The number of carbonyl (C=O) groups is 1. The number of aromatic nitrogens is 1. The van der Waals surface area contributed by atoms with E-state index in [9.17, 15) is 4.79 Å². The van der Waals surface area contributed by atoms with Crippen LogP contribution in [0.1, 0.15) is 5.56 Å². The quantitative estimate of drug-likeness (QED) is 0.601. The van der Waals surface area contributed by atoms with Crippen molar-refractivity contribution in [3.05, 3.63) is 65.6 Å². The second kappa shape index (κ2) is 9.56. The predicted octanol–water partition coefficient (Wildman–Crippen LogP) is 4.31. The number of thiazole rings is 1. The average molecular weight is 422 g/mol. The van der Waals surface area contributed by atoms with Crippen LogP contribution in [-0.2, 0) is 9.53 Å². The van der Waals surface area contributed by atoms with Gasteiger partial charge < -0.3 is 14.4 Å². The summed E-state index contributed by atoms with van der Waals surface area (Å²) >= 11 is 1.39. The molecule has 1 fully saturated rings. The van der Waals surface area contributed by atoms with Crippen LogP contribution >= 0.6 is 11.3 Å². The van der Waals surface area contributed by atoms with Crippen molar-refractivity contribution in [2.24, 2.45) is 0 Å². The molecular weight excluding hydrogens is 398 g/mol. The van der Waals surface area contributed by atoms with E-state index >= 15 is 0 Å². The van der Waals surface area contributed by atoms with Crippen LogP contribution in [0.2, 0.25) is 0 Å². The van der Waals surface area contributed by atoms with E-state index in [0.717, 1.165) is 48.9 Å². The Morgan fingerprint density at radius 1 is 1.20 bits per heavy atom. The molecule has 1 saturated heterocycles. The number of anilines is 2. The monoisotopic (exact) mass is 421 g/mol. The van der Waals surface area contributed by atoms with Crippen LogP contribution in [0.5, 0.6) is 5.75 Å². The van der Waals surface area contributed by atoms with Crippen LogP contribution in [0.4, 0.5) is 10.8 Å². The molecule has 0 unspecified atom stereocenters. The Kier molecular flexibility index (Phi) is 6.41. The number of methoxy groups -OCH3 is 1. The van der Waals surface area contributed by atoms with Crippen LogP contribution in [0.15, 0.2) is 60.0 Å². The molecule has 1 aliphatic heterocycles. The van der Waals surface area contributed by atoms with Crippen molar-refractivity contribution in [1.29, 1.82) is 0 Å². The summed E-state index contributed by atoms with van der Waals surface area (Å²) in [5, 5.41) is 5.30. The van der Waals surface area contributed by atoms with E-state index in [1.165, 1.54) is 23.1 Å². The number of hydrogen-bond acceptors (Lipinski definition) is 6. The fraction of sp³-hybridized carbons (Fsp3) is 0.217. The molecule has 0 atom stereocenters. The lowest BCUT2D eigenvalue weighted by Gasteiger charge is -2.28. The van der Waals surface area contributed by atoms with Crippen LogP contribution < -0.4 is 15.0 Å². The molecule has 154 valence electrons. The van der Waals surface area contributed by atoms with Gasteiger partial charge in [0.2, 0.25) is 5.91 Å². The zero-order valence-corrected chi connectivity index (χ0v) is 17.5. The molecule has 1 aliphatic rings. The van der Waals surface area contributed by atoms with Gasteiger partial charge in [0.25, 0.3) is 0 Å². The maximum atomic E-state index is 12.3. The van der Waals surface area contributed by atoms with E-state index in [0.29, 0.717) is 5.13 Å². The Morgan fingerprint density at radius 3 is 2.77 bits per heavy atom. The minimum Gasteiger partial charge on any atom is -0.497 e. The maximum absolute atomic E-state index is 12.3. The van der Waals surface area contributed by atoms with Crippen molar-refractivity contribution in [2.75, 3.05) is 43.6 Å². The van der Waals surface area contributed by atoms with Gasteiger partial charge in [0.05, 0.1) is 26.0 Å². The largest absolute Gasteiger partial charge is 0.497 e. The van der Waals surface area contributed by atoms with E-state index in [1.54, 1.807) is 13.2 Å². The van der Waals surface area contributed by atoms with Gasteiger partial charge in [0.15, 0.2) is 5.13 Å². The van der Waals surface area contributed by atoms with E-state index in [2.05, 4.69) is 27.3 Å². The Hall–Kier alpha value is -3.16. The van der Waals surface area contributed by atoms with E-state index in [-0.39, 0.29) is 5.91 Å². The Balaban J connectivity index is 1.35. The zero-order chi connectivity index (χ0) is 20.8. The summed E-state index contributed by atoms with van der Waals surface area (Å²) < 4.78 is 10.6. The molecule has 1 aromatic heterocycles. The van der Waals surface area contributed by atoms with Gasteiger partial charge in [-0.25, -0.2) is 4.98 Å². The van der Waals surface area contributed by atoms with Crippen molar-refractivity contribution < 1.29 is 14.3 Å². The molecular formula is C23H23N3O3S. The minimum absolute atomic E-state index is 0.209. The molecule has 7 heteroatoms. The third kappa shape index (κ3) is 5.06. The molecule has 0 aliphatic carbocycles. The summed E-state index contributed by atoms with van der Waals surface area (Å²) in [6, 6.07) is 15.9. The standard InChI is InChI=1S/C23H23N3O3S/c1-28-20-4-2-3-18(15-20)21-16-30-23(24-21)25-22(27)10-7-17-5-8-19(9-6-17)26-11-13-29-14-12-26/h2-10,15-16H,11-14H2,1H3,(H,24,25,27)/b10-7+. The summed E-state index contributed by atoms with van der Waals surface area (Å²) in [6.07, 6.45) is 3.32. The highest BCUT2D eigenvalue weighted by molar-refractivity contribution is 7.14. The van der Waals surface area contributed by atoms with Gasteiger partial charge in [-0.3, -0.25) is 10.1 Å². The van der Waals surface area contributed by atoms with Gasteiger partial charge in [0, 0.05) is 35.8 Å². The smallest absolute Gasteiger partial charge is 0.250 e. The molecule has 4 rings (SSSR count). The number of benzene rings is 2. The number of rotatable bonds is 6. The topological polar surface area (TPSA) is 63.7 Å². The molecule has 2 heterocycles. The fourth-order valence-corrected chi connectivity index (χ4v) is 3.91. The lowest BCUT2D eigenvalue weighted by Crippen LogP contribution is -2.36. The first-order valence-corrected chi connectivity index (χ1v) is 10.6. The van der Waals surface area contributed by atoms with Crippen molar-refractivity contribution in [3.8, 4) is 17.0 Å². The number of morpholine rings is 1. The molecule has 1 N–H and O–H groups in total. The van der Waals surface area contributed by atoms with Gasteiger partial charge >= 0.3 is 0 Å². The van der Waals surface area contributed by atoms with Crippen LogP contribution in [0, 0.1) is 0 Å². The second-order valence-corrected chi connectivity index (χ2v) is 7.64. The van der Waals surface area contributed by atoms with Crippen molar-refractivity contribution in [2.45, 2.75) is 0 Å². The lowest BCUT2D eigenvalue weighted by atomic mass is 10.1. The number of amides is 1. The van der Waals surface area contributed by atoms with Crippen molar-refractivity contribution in [3.63, 3.8) is 0 Å². The first-order chi connectivity index (χ1) is 14.7. The molecule has 6 nitrogen and oxygen atoms in total. The van der Waals surface area contributed by atoms with Gasteiger partial charge in [-0.15, -0.1) is 11.3 Å². The highest BCUT2D eigenvalue weighted by Gasteiger charge is 2.11. The molecule has 2 aromatic carbocycles. The number of carbonyl (C=O) groups excluding carboxylic acids is 1. The summed E-state index contributed by atoms with van der Waals surface area (Å²) in [4.78, 5) is 19.1.